The van der Waals surface area contributed by atoms with Crippen molar-refractivity contribution >= 4 is 48.4 Å². The Morgan fingerprint density at radius 1 is 1.04 bits per heavy atom. The van der Waals surface area contributed by atoms with Crippen LogP contribution in [0.4, 0.5) is 15.4 Å². The molecule has 4 rings (SSSR count). The maximum atomic E-state index is 13.3. The number of anilines is 1. The van der Waals surface area contributed by atoms with E-state index in [0.29, 0.717) is 16.9 Å². The summed E-state index contributed by atoms with van der Waals surface area (Å²) in [5.41, 5.74) is 0.386. The summed E-state index contributed by atoms with van der Waals surface area (Å²) in [5, 5.41) is 25.7. The molecule has 1 saturated heterocycles. The number of fused-ring (bicyclic) bond motifs is 1. The van der Waals surface area contributed by atoms with Crippen molar-refractivity contribution in [2.75, 3.05) is 31.9 Å². The lowest BCUT2D eigenvalue weighted by molar-refractivity contribution is -0.0651. The van der Waals surface area contributed by atoms with Crippen LogP contribution in [0.25, 0.3) is 11.0 Å². The Balaban J connectivity index is 1.38. The second kappa shape index (κ2) is 16.4. The van der Waals surface area contributed by atoms with Crippen molar-refractivity contribution in [2.24, 2.45) is 0 Å². The second-order valence-corrected chi connectivity index (χ2v) is 13.5. The highest BCUT2D eigenvalue weighted by Crippen LogP contribution is 2.48. The van der Waals surface area contributed by atoms with Gasteiger partial charge in [0.1, 0.15) is 36.1 Å². The fraction of sp³-hybridized carbons (Fsp3) is 0.704. The van der Waals surface area contributed by atoms with Crippen LogP contribution in [0.1, 0.15) is 59.6 Å². The van der Waals surface area contributed by atoms with Crippen LogP contribution in [0.2, 0.25) is 5.28 Å². The molecule has 1 unspecified atom stereocenters. The number of halogens is 1. The van der Waals surface area contributed by atoms with Gasteiger partial charge >= 0.3 is 19.9 Å². The van der Waals surface area contributed by atoms with Crippen LogP contribution >= 0.6 is 19.2 Å². The minimum atomic E-state index is -4.24. The van der Waals surface area contributed by atoms with Gasteiger partial charge in [0, 0.05) is 12.2 Å². The number of carbonyl (C=O) groups excluding carboxylic acids is 2. The van der Waals surface area contributed by atoms with Gasteiger partial charge in [0.15, 0.2) is 6.23 Å². The van der Waals surface area contributed by atoms with E-state index in [2.05, 4.69) is 15.3 Å². The van der Waals surface area contributed by atoms with Crippen molar-refractivity contribution < 1.29 is 61.8 Å². The van der Waals surface area contributed by atoms with Crippen LogP contribution in [0.15, 0.2) is 12.3 Å². The van der Waals surface area contributed by atoms with E-state index >= 15 is 0 Å². The third kappa shape index (κ3) is 9.87. The van der Waals surface area contributed by atoms with Crippen molar-refractivity contribution in [1.29, 1.82) is 0 Å². The predicted molar refractivity (Wildman–Crippen MR) is 160 cm³/mol. The molecule has 3 heterocycles. The zero-order valence-corrected chi connectivity index (χ0v) is 27.6. The molecule has 3 N–H and O–H groups in total. The summed E-state index contributed by atoms with van der Waals surface area (Å²) in [4.78, 5) is 32.0. The Hall–Kier alpha value is -2.76. The highest BCUT2D eigenvalue weighted by atomic mass is 35.5. The number of rotatable bonds is 15. The molecule has 258 valence electrons. The van der Waals surface area contributed by atoms with Gasteiger partial charge < -0.3 is 48.5 Å². The number of aliphatic hydroxyl groups excluding tert-OH is 2. The molecular weight excluding hydrogens is 655 g/mol. The molecule has 0 spiro atoms. The zero-order valence-electron chi connectivity index (χ0n) is 25.9. The predicted octanol–water partition coefficient (Wildman–Crippen LogP) is 4.30. The number of nitrogens with zero attached hydrogens (tertiary/aromatic N) is 3. The Bertz CT molecular complexity index is 1340. The number of aliphatic hydroxyl groups is 2. The summed E-state index contributed by atoms with van der Waals surface area (Å²) in [7, 11) is -4.24. The van der Waals surface area contributed by atoms with E-state index in [-0.39, 0.29) is 17.9 Å². The largest absolute Gasteiger partial charge is 0.510 e. The third-order valence-corrected chi connectivity index (χ3v) is 8.57. The molecule has 1 aliphatic heterocycles. The van der Waals surface area contributed by atoms with E-state index in [1.807, 2.05) is 0 Å². The van der Waals surface area contributed by atoms with Crippen LogP contribution in [-0.4, -0.2) is 100 Å². The van der Waals surface area contributed by atoms with Crippen molar-refractivity contribution in [3.63, 3.8) is 0 Å². The van der Waals surface area contributed by atoms with Gasteiger partial charge in [-0.2, -0.15) is 4.98 Å². The molecule has 1 saturated carbocycles. The van der Waals surface area contributed by atoms with Crippen LogP contribution in [0.5, 0.6) is 0 Å². The summed E-state index contributed by atoms with van der Waals surface area (Å²) in [6.45, 7) is 4.36. The number of ether oxygens (including phenoxy) is 6. The van der Waals surface area contributed by atoms with E-state index in [1.54, 1.807) is 40.0 Å². The molecule has 2 aromatic heterocycles. The minimum Gasteiger partial charge on any atom is -0.432 e. The SMILES string of the molecule is CC(C)OC(=O)OCOP(=O)(COCC1O[C@@H](n2ccc3c(NC4CCCC4)nc(Cl)nc32)[C@H](O)[C@@H]1O)OCOC(=O)OC(C)C. The fourth-order valence-electron chi connectivity index (χ4n) is 4.84. The summed E-state index contributed by atoms with van der Waals surface area (Å²) < 4.78 is 55.6. The number of aromatic nitrogens is 3. The van der Waals surface area contributed by atoms with Crippen LogP contribution < -0.4 is 5.32 Å². The molecule has 2 aromatic rings. The van der Waals surface area contributed by atoms with Gasteiger partial charge in [0.25, 0.3) is 0 Å². The maximum Gasteiger partial charge on any atom is 0.510 e. The summed E-state index contributed by atoms with van der Waals surface area (Å²) in [6, 6.07) is 2.03. The van der Waals surface area contributed by atoms with Crippen LogP contribution in [0, 0.1) is 0 Å². The van der Waals surface area contributed by atoms with Crippen molar-refractivity contribution in [3.8, 4) is 0 Å². The lowest BCUT2D eigenvalue weighted by atomic mass is 10.1. The molecule has 1 aliphatic carbocycles. The smallest absolute Gasteiger partial charge is 0.432 e. The molecule has 4 atom stereocenters. The first kappa shape index (κ1) is 36.1. The molecule has 46 heavy (non-hydrogen) atoms. The lowest BCUT2D eigenvalue weighted by Gasteiger charge is -2.20. The molecule has 2 aliphatic rings. The van der Waals surface area contributed by atoms with E-state index in [1.165, 1.54) is 4.57 Å². The first-order valence-electron chi connectivity index (χ1n) is 14.8. The lowest BCUT2D eigenvalue weighted by Crippen LogP contribution is -2.34. The molecule has 0 bridgehead atoms. The second-order valence-electron chi connectivity index (χ2n) is 11.2. The summed E-state index contributed by atoms with van der Waals surface area (Å²) >= 11 is 6.23. The quantitative estimate of drug-likeness (QED) is 0.103. The average molecular weight is 695 g/mol. The number of hydrogen-bond donors (Lipinski definition) is 3. The Kier molecular flexibility index (Phi) is 12.8. The third-order valence-electron chi connectivity index (χ3n) is 6.90. The van der Waals surface area contributed by atoms with Crippen molar-refractivity contribution in [2.45, 2.75) is 96.2 Å². The van der Waals surface area contributed by atoms with Gasteiger partial charge in [-0.15, -0.1) is 0 Å². The summed E-state index contributed by atoms with van der Waals surface area (Å²) in [6.07, 6.45) is -2.90. The van der Waals surface area contributed by atoms with E-state index < -0.39 is 76.6 Å². The molecule has 17 nitrogen and oxygen atoms in total. The number of carbonyl (C=O) groups is 2. The molecule has 19 heteroatoms. The van der Waals surface area contributed by atoms with Gasteiger partial charge in [-0.05, 0) is 58.2 Å². The van der Waals surface area contributed by atoms with Gasteiger partial charge in [0.2, 0.25) is 18.9 Å². The van der Waals surface area contributed by atoms with Gasteiger partial charge in [-0.25, -0.2) is 14.6 Å². The Labute approximate surface area is 270 Å². The molecule has 0 amide bonds. The van der Waals surface area contributed by atoms with Gasteiger partial charge in [0.05, 0.1) is 24.2 Å². The van der Waals surface area contributed by atoms with Gasteiger partial charge in [-0.3, -0.25) is 13.6 Å². The maximum absolute atomic E-state index is 13.3. The topological polar surface area (TPSA) is 208 Å². The van der Waals surface area contributed by atoms with Crippen LogP contribution in [-0.2, 0) is 42.0 Å². The van der Waals surface area contributed by atoms with E-state index in [0.717, 1.165) is 25.7 Å². The molecular formula is C27H40ClN4O13P. The first-order valence-corrected chi connectivity index (χ1v) is 16.9. The molecule has 2 fully saturated rings. The van der Waals surface area contributed by atoms with Crippen LogP contribution in [0.3, 0.4) is 0 Å². The number of hydrogen-bond acceptors (Lipinski definition) is 16. The highest BCUT2D eigenvalue weighted by Gasteiger charge is 2.44. The molecule has 0 radical (unpaired) electrons. The average Bonchev–Trinajstić information content (AvgIpc) is 3.69. The van der Waals surface area contributed by atoms with Crippen molar-refractivity contribution in [3.05, 3.63) is 17.5 Å². The minimum absolute atomic E-state index is 0.000450. The number of nitrogens with one attached hydrogen (secondary N) is 1. The molecule has 0 aromatic carbocycles. The van der Waals surface area contributed by atoms with E-state index in [4.69, 9.17) is 49.1 Å². The Morgan fingerprint density at radius 3 is 2.24 bits per heavy atom. The van der Waals surface area contributed by atoms with Crippen molar-refractivity contribution in [1.82, 2.24) is 14.5 Å². The standard InChI is InChI=1S/C27H40ClN4O13P/c1-15(2)43-26(35)39-12-41-46(37,42-13-40-27(36)44-16(3)4)14-38-11-19-20(33)21(34)24(45-19)32-10-9-18-22(29-17-7-5-6-8-17)30-25(28)31-23(18)32/h9-10,15-17,19-21,24,33-34H,5-8,11-14H2,1-4H3,(H,29,30,31)/t19?,20-,21-,24-/m1/s1. The van der Waals surface area contributed by atoms with Gasteiger partial charge in [-0.1, -0.05) is 12.8 Å². The monoisotopic (exact) mass is 694 g/mol. The first-order chi connectivity index (χ1) is 21.8. The van der Waals surface area contributed by atoms with E-state index in [9.17, 15) is 24.4 Å². The fourth-order valence-corrected chi connectivity index (χ4v) is 5.98. The zero-order chi connectivity index (χ0) is 33.4. The Morgan fingerprint density at radius 2 is 1.65 bits per heavy atom. The highest BCUT2D eigenvalue weighted by molar-refractivity contribution is 7.53. The summed E-state index contributed by atoms with van der Waals surface area (Å²) in [5.74, 6) is 0.562. The normalized spacial score (nSPS) is 22.1.